The van der Waals surface area contributed by atoms with E-state index in [0.717, 1.165) is 5.56 Å². The van der Waals surface area contributed by atoms with Gasteiger partial charge < -0.3 is 5.11 Å². The summed E-state index contributed by atoms with van der Waals surface area (Å²) in [5, 5.41) is 8.90. The Kier molecular flexibility index (Phi) is 3.77. The topological polar surface area (TPSA) is 37.3 Å². The molecule has 1 unspecified atom stereocenters. The van der Waals surface area contributed by atoms with E-state index < -0.39 is 11.9 Å². The maximum atomic E-state index is 10.8. The zero-order valence-electron chi connectivity index (χ0n) is 7.11. The highest BCUT2D eigenvalue weighted by Crippen LogP contribution is 2.19. The lowest BCUT2D eigenvalue weighted by atomic mass is 9.97. The molecule has 0 spiro atoms. The van der Waals surface area contributed by atoms with Crippen molar-refractivity contribution in [3.8, 4) is 0 Å². The molecule has 0 bridgehead atoms. The van der Waals surface area contributed by atoms with E-state index in [0.29, 0.717) is 12.3 Å². The number of alkyl halides is 1. The Hall–Kier alpha value is -1.02. The standard InChI is InChI=1S/C10H11ClO2/c11-7-6-9(10(12)13)8-4-2-1-3-5-8/h1-5,9H,6-7H2,(H,12,13). The van der Waals surface area contributed by atoms with Crippen LogP contribution in [0.2, 0.25) is 0 Å². The minimum atomic E-state index is -0.813. The summed E-state index contributed by atoms with van der Waals surface area (Å²) in [7, 11) is 0. The van der Waals surface area contributed by atoms with Crippen molar-refractivity contribution in [3.63, 3.8) is 0 Å². The molecule has 0 aliphatic rings. The number of hydrogen-bond donors (Lipinski definition) is 1. The van der Waals surface area contributed by atoms with Crippen molar-refractivity contribution in [1.82, 2.24) is 0 Å². The Balaban J connectivity index is 2.82. The molecule has 0 saturated carbocycles. The number of benzene rings is 1. The Morgan fingerprint density at radius 2 is 2.00 bits per heavy atom. The van der Waals surface area contributed by atoms with Crippen LogP contribution in [0.25, 0.3) is 0 Å². The molecule has 0 aliphatic carbocycles. The maximum Gasteiger partial charge on any atom is 0.311 e. The first-order chi connectivity index (χ1) is 6.25. The molecule has 2 nitrogen and oxygen atoms in total. The predicted molar refractivity (Wildman–Crippen MR) is 52.2 cm³/mol. The number of rotatable bonds is 4. The molecular formula is C10H11ClO2. The van der Waals surface area contributed by atoms with Crippen LogP contribution in [0.15, 0.2) is 30.3 Å². The highest BCUT2D eigenvalue weighted by atomic mass is 35.5. The summed E-state index contributed by atoms with van der Waals surface area (Å²) >= 11 is 5.53. The van der Waals surface area contributed by atoms with Gasteiger partial charge in [0.1, 0.15) is 0 Å². The number of hydrogen-bond acceptors (Lipinski definition) is 1. The number of carbonyl (C=O) groups is 1. The minimum Gasteiger partial charge on any atom is -0.481 e. The fraction of sp³-hybridized carbons (Fsp3) is 0.300. The summed E-state index contributed by atoms with van der Waals surface area (Å²) in [5.74, 6) is -0.920. The molecule has 3 heteroatoms. The largest absolute Gasteiger partial charge is 0.481 e. The Morgan fingerprint density at radius 1 is 1.38 bits per heavy atom. The number of halogens is 1. The van der Waals surface area contributed by atoms with Crippen molar-refractivity contribution in [2.24, 2.45) is 0 Å². The third-order valence-corrected chi connectivity index (χ3v) is 2.12. The van der Waals surface area contributed by atoms with Crippen LogP contribution in [-0.2, 0) is 4.79 Å². The van der Waals surface area contributed by atoms with Crippen molar-refractivity contribution >= 4 is 17.6 Å². The number of aliphatic carboxylic acids is 1. The molecule has 0 aliphatic heterocycles. The summed E-state index contributed by atoms with van der Waals surface area (Å²) in [6, 6.07) is 9.15. The van der Waals surface area contributed by atoms with Crippen molar-refractivity contribution in [3.05, 3.63) is 35.9 Å². The van der Waals surface area contributed by atoms with Gasteiger partial charge in [-0.15, -0.1) is 11.6 Å². The third kappa shape index (κ3) is 2.74. The van der Waals surface area contributed by atoms with Gasteiger partial charge in [-0.2, -0.15) is 0 Å². The molecule has 0 radical (unpaired) electrons. The van der Waals surface area contributed by atoms with E-state index in [1.54, 1.807) is 0 Å². The summed E-state index contributed by atoms with van der Waals surface area (Å²) in [4.78, 5) is 10.8. The van der Waals surface area contributed by atoms with Crippen molar-refractivity contribution in [2.45, 2.75) is 12.3 Å². The van der Waals surface area contributed by atoms with E-state index >= 15 is 0 Å². The van der Waals surface area contributed by atoms with Gasteiger partial charge in [-0.05, 0) is 12.0 Å². The molecule has 0 fully saturated rings. The van der Waals surface area contributed by atoms with Crippen molar-refractivity contribution in [1.29, 1.82) is 0 Å². The van der Waals surface area contributed by atoms with Gasteiger partial charge in [0.15, 0.2) is 0 Å². The monoisotopic (exact) mass is 198 g/mol. The number of carboxylic acids is 1. The second-order valence-electron chi connectivity index (χ2n) is 2.78. The van der Waals surface area contributed by atoms with Crippen LogP contribution in [-0.4, -0.2) is 17.0 Å². The summed E-state index contributed by atoms with van der Waals surface area (Å²) in [6.45, 7) is 0. The van der Waals surface area contributed by atoms with Gasteiger partial charge in [0, 0.05) is 5.88 Å². The van der Waals surface area contributed by atoms with Crippen LogP contribution in [0.3, 0.4) is 0 Å². The highest BCUT2D eigenvalue weighted by Gasteiger charge is 2.18. The second-order valence-corrected chi connectivity index (χ2v) is 3.16. The van der Waals surface area contributed by atoms with Gasteiger partial charge >= 0.3 is 5.97 Å². The van der Waals surface area contributed by atoms with Gasteiger partial charge in [0.2, 0.25) is 0 Å². The molecule has 1 atom stereocenters. The highest BCUT2D eigenvalue weighted by molar-refractivity contribution is 6.18. The lowest BCUT2D eigenvalue weighted by Gasteiger charge is -2.09. The predicted octanol–water partition coefficient (Wildman–Crippen LogP) is 2.48. The molecule has 70 valence electrons. The fourth-order valence-electron chi connectivity index (χ4n) is 1.23. The smallest absolute Gasteiger partial charge is 0.311 e. The quantitative estimate of drug-likeness (QED) is 0.755. The van der Waals surface area contributed by atoms with Gasteiger partial charge in [0.25, 0.3) is 0 Å². The van der Waals surface area contributed by atoms with E-state index in [-0.39, 0.29) is 0 Å². The summed E-state index contributed by atoms with van der Waals surface area (Å²) < 4.78 is 0. The van der Waals surface area contributed by atoms with Crippen molar-refractivity contribution in [2.75, 3.05) is 5.88 Å². The third-order valence-electron chi connectivity index (χ3n) is 1.90. The van der Waals surface area contributed by atoms with E-state index in [4.69, 9.17) is 16.7 Å². The zero-order valence-corrected chi connectivity index (χ0v) is 7.87. The van der Waals surface area contributed by atoms with Crippen LogP contribution in [0, 0.1) is 0 Å². The average Bonchev–Trinajstić information content (AvgIpc) is 2.15. The first-order valence-corrected chi connectivity index (χ1v) is 4.63. The lowest BCUT2D eigenvalue weighted by Crippen LogP contribution is -2.11. The maximum absolute atomic E-state index is 10.8. The Morgan fingerprint density at radius 3 is 2.46 bits per heavy atom. The molecule has 0 heterocycles. The van der Waals surface area contributed by atoms with Gasteiger partial charge in [0.05, 0.1) is 5.92 Å². The van der Waals surface area contributed by atoms with Gasteiger partial charge in [-0.1, -0.05) is 30.3 Å². The van der Waals surface area contributed by atoms with Crippen LogP contribution in [0.4, 0.5) is 0 Å². The van der Waals surface area contributed by atoms with Crippen LogP contribution < -0.4 is 0 Å². The molecule has 1 N–H and O–H groups in total. The summed E-state index contributed by atoms with van der Waals surface area (Å²) in [6.07, 6.45) is 0.473. The fourth-order valence-corrected chi connectivity index (χ4v) is 1.45. The molecule has 0 saturated heterocycles. The molecular weight excluding hydrogens is 188 g/mol. The van der Waals surface area contributed by atoms with E-state index in [2.05, 4.69) is 0 Å². The van der Waals surface area contributed by atoms with E-state index in [1.807, 2.05) is 30.3 Å². The Bertz CT molecular complexity index is 272. The first-order valence-electron chi connectivity index (χ1n) is 4.09. The second kappa shape index (κ2) is 4.87. The lowest BCUT2D eigenvalue weighted by molar-refractivity contribution is -0.138. The molecule has 0 amide bonds. The first kappa shape index (κ1) is 10.1. The van der Waals surface area contributed by atoms with Crippen LogP contribution in [0.1, 0.15) is 17.9 Å². The molecule has 13 heavy (non-hydrogen) atoms. The van der Waals surface area contributed by atoms with Gasteiger partial charge in [-0.25, -0.2) is 0 Å². The SMILES string of the molecule is O=C(O)C(CCCl)c1ccccc1. The van der Waals surface area contributed by atoms with E-state index in [1.165, 1.54) is 0 Å². The molecule has 0 aromatic heterocycles. The van der Waals surface area contributed by atoms with Crippen LogP contribution in [0.5, 0.6) is 0 Å². The van der Waals surface area contributed by atoms with E-state index in [9.17, 15) is 4.79 Å². The minimum absolute atomic E-state index is 0.367. The number of carboxylic acid groups (broad SMARTS) is 1. The van der Waals surface area contributed by atoms with Crippen LogP contribution >= 0.6 is 11.6 Å². The van der Waals surface area contributed by atoms with Crippen molar-refractivity contribution < 1.29 is 9.90 Å². The molecule has 1 aromatic carbocycles. The normalized spacial score (nSPS) is 12.4. The molecule has 1 aromatic rings. The zero-order chi connectivity index (χ0) is 9.68. The van der Waals surface area contributed by atoms with Gasteiger partial charge in [-0.3, -0.25) is 4.79 Å². The summed E-state index contributed by atoms with van der Waals surface area (Å²) in [5.41, 5.74) is 0.815. The average molecular weight is 199 g/mol. The Labute approximate surface area is 82.2 Å². The molecule has 1 rings (SSSR count).